The van der Waals surface area contributed by atoms with Gasteiger partial charge < -0.3 is 11.5 Å². The van der Waals surface area contributed by atoms with Crippen molar-refractivity contribution in [3.8, 4) is 0 Å². The van der Waals surface area contributed by atoms with Crippen molar-refractivity contribution >= 4 is 5.69 Å². The van der Waals surface area contributed by atoms with Gasteiger partial charge in [0.1, 0.15) is 5.82 Å². The lowest BCUT2D eigenvalue weighted by Gasteiger charge is -2.14. The maximum Gasteiger partial charge on any atom is 0.127 e. The fraction of sp³-hybridized carbons (Fsp3) is 0.455. The molecule has 0 aliphatic heterocycles. The van der Waals surface area contributed by atoms with Crippen molar-refractivity contribution in [3.05, 3.63) is 28.6 Å². The molecule has 0 heterocycles. The molecule has 0 bridgehead atoms. The van der Waals surface area contributed by atoms with Gasteiger partial charge in [0.2, 0.25) is 0 Å². The van der Waals surface area contributed by atoms with Crippen LogP contribution in [0.15, 0.2) is 6.07 Å². The minimum absolute atomic E-state index is 0.140. The van der Waals surface area contributed by atoms with Gasteiger partial charge in [-0.25, -0.2) is 4.39 Å². The Balaban J connectivity index is 2.62. The third-order valence-electron chi connectivity index (χ3n) is 2.92. The number of hydrogen-bond acceptors (Lipinski definition) is 2. The number of nitrogen functional groups attached to an aromatic ring is 1. The Hall–Kier alpha value is -1.09. The Morgan fingerprint density at radius 1 is 1.36 bits per heavy atom. The van der Waals surface area contributed by atoms with Gasteiger partial charge in [-0.2, -0.15) is 0 Å². The van der Waals surface area contributed by atoms with E-state index in [2.05, 4.69) is 0 Å². The van der Waals surface area contributed by atoms with E-state index in [1.54, 1.807) is 0 Å². The second kappa shape index (κ2) is 3.24. The molecule has 0 spiro atoms. The highest BCUT2D eigenvalue weighted by Gasteiger charge is 2.21. The Labute approximate surface area is 83.1 Å². The Morgan fingerprint density at radius 3 is 2.64 bits per heavy atom. The maximum atomic E-state index is 13.6. The zero-order valence-corrected chi connectivity index (χ0v) is 8.31. The number of anilines is 1. The molecule has 2 nitrogen and oxygen atoms in total. The van der Waals surface area contributed by atoms with E-state index in [9.17, 15) is 4.39 Å². The minimum Gasteiger partial charge on any atom is -0.398 e. The molecule has 1 atom stereocenters. The number of halogens is 1. The van der Waals surface area contributed by atoms with Crippen LogP contribution in [-0.4, -0.2) is 0 Å². The summed E-state index contributed by atoms with van der Waals surface area (Å²) in [7, 11) is 0. The lowest BCUT2D eigenvalue weighted by molar-refractivity contribution is 0.608. The van der Waals surface area contributed by atoms with E-state index in [1.807, 2.05) is 6.92 Å². The Kier molecular flexibility index (Phi) is 2.19. The van der Waals surface area contributed by atoms with E-state index in [1.165, 1.54) is 6.07 Å². The van der Waals surface area contributed by atoms with Gasteiger partial charge in [-0.1, -0.05) is 0 Å². The monoisotopic (exact) mass is 194 g/mol. The van der Waals surface area contributed by atoms with Crippen LogP contribution in [-0.2, 0) is 12.8 Å². The summed E-state index contributed by atoms with van der Waals surface area (Å²) in [6, 6.07) is 1.29. The lowest BCUT2D eigenvalue weighted by atomic mass is 9.99. The van der Waals surface area contributed by atoms with Crippen molar-refractivity contribution in [2.24, 2.45) is 5.73 Å². The van der Waals surface area contributed by atoms with E-state index < -0.39 is 0 Å². The first-order valence-electron chi connectivity index (χ1n) is 4.96. The molecule has 3 heteroatoms. The molecule has 0 amide bonds. The van der Waals surface area contributed by atoms with Gasteiger partial charge in [0.25, 0.3) is 0 Å². The SMILES string of the molecule is C[C@H](N)c1cc(F)c2c(c1N)CCC2. The number of hydrogen-bond donors (Lipinski definition) is 2. The van der Waals surface area contributed by atoms with Crippen LogP contribution < -0.4 is 11.5 Å². The molecular formula is C11H15FN2. The Bertz CT molecular complexity index is 372. The van der Waals surface area contributed by atoms with Crippen LogP contribution in [0.25, 0.3) is 0 Å². The number of rotatable bonds is 1. The molecule has 0 aromatic heterocycles. The van der Waals surface area contributed by atoms with Crippen molar-refractivity contribution in [1.82, 2.24) is 0 Å². The molecule has 0 saturated heterocycles. The summed E-state index contributed by atoms with van der Waals surface area (Å²) in [6.45, 7) is 1.83. The van der Waals surface area contributed by atoms with Gasteiger partial charge >= 0.3 is 0 Å². The van der Waals surface area contributed by atoms with Crippen LogP contribution in [0.2, 0.25) is 0 Å². The number of nitrogens with two attached hydrogens (primary N) is 2. The first-order valence-corrected chi connectivity index (χ1v) is 4.96. The molecule has 0 radical (unpaired) electrons. The van der Waals surface area contributed by atoms with Gasteiger partial charge in [0.15, 0.2) is 0 Å². The van der Waals surface area contributed by atoms with Crippen molar-refractivity contribution < 1.29 is 4.39 Å². The predicted molar refractivity (Wildman–Crippen MR) is 55.4 cm³/mol. The second-order valence-corrected chi connectivity index (χ2v) is 3.96. The van der Waals surface area contributed by atoms with Crippen molar-refractivity contribution in [2.45, 2.75) is 32.2 Å². The highest BCUT2D eigenvalue weighted by molar-refractivity contribution is 5.60. The van der Waals surface area contributed by atoms with Gasteiger partial charge in [-0.3, -0.25) is 0 Å². The fourth-order valence-electron chi connectivity index (χ4n) is 2.16. The molecule has 4 N–H and O–H groups in total. The summed E-state index contributed by atoms with van der Waals surface area (Å²) in [5.74, 6) is -0.140. The summed E-state index contributed by atoms with van der Waals surface area (Å²) in [5, 5.41) is 0. The Morgan fingerprint density at radius 2 is 2.00 bits per heavy atom. The summed E-state index contributed by atoms with van der Waals surface area (Å²) in [4.78, 5) is 0. The fourth-order valence-corrected chi connectivity index (χ4v) is 2.16. The van der Waals surface area contributed by atoms with Gasteiger partial charge in [-0.15, -0.1) is 0 Å². The second-order valence-electron chi connectivity index (χ2n) is 3.96. The van der Waals surface area contributed by atoms with Gasteiger partial charge in [-0.05, 0) is 48.9 Å². The van der Waals surface area contributed by atoms with Crippen LogP contribution in [0.1, 0.15) is 36.1 Å². The smallest absolute Gasteiger partial charge is 0.127 e. The standard InChI is InChI=1S/C11H15FN2/c1-6(13)9-5-10(12)7-3-2-4-8(7)11(9)14/h5-6H,2-4,13-14H2,1H3/t6-/m0/s1. The molecule has 0 unspecified atom stereocenters. The third kappa shape index (κ3) is 1.28. The topological polar surface area (TPSA) is 52.0 Å². The molecule has 1 aliphatic rings. The molecule has 1 aromatic carbocycles. The largest absolute Gasteiger partial charge is 0.398 e. The molecule has 14 heavy (non-hydrogen) atoms. The van der Waals surface area contributed by atoms with Crippen LogP contribution in [0, 0.1) is 5.82 Å². The molecule has 1 aromatic rings. The normalized spacial score (nSPS) is 16.8. The molecular weight excluding hydrogens is 179 g/mol. The van der Waals surface area contributed by atoms with Crippen LogP contribution in [0.3, 0.4) is 0 Å². The summed E-state index contributed by atoms with van der Waals surface area (Å²) >= 11 is 0. The average Bonchev–Trinajstić information content (AvgIpc) is 2.59. The average molecular weight is 194 g/mol. The first-order chi connectivity index (χ1) is 6.61. The van der Waals surface area contributed by atoms with Crippen molar-refractivity contribution in [1.29, 1.82) is 0 Å². The summed E-state index contributed by atoms with van der Waals surface area (Å²) in [5.41, 5.74) is 14.9. The molecule has 0 fully saturated rings. The van der Waals surface area contributed by atoms with E-state index in [0.29, 0.717) is 5.69 Å². The highest BCUT2D eigenvalue weighted by Crippen LogP contribution is 2.34. The van der Waals surface area contributed by atoms with Gasteiger partial charge in [0, 0.05) is 11.7 Å². The van der Waals surface area contributed by atoms with Gasteiger partial charge in [0.05, 0.1) is 0 Å². The summed E-state index contributed by atoms with van der Waals surface area (Å²) in [6.07, 6.45) is 2.70. The zero-order valence-electron chi connectivity index (χ0n) is 8.31. The quantitative estimate of drug-likeness (QED) is 0.671. The molecule has 76 valence electrons. The highest BCUT2D eigenvalue weighted by atomic mass is 19.1. The van der Waals surface area contributed by atoms with Crippen LogP contribution in [0.5, 0.6) is 0 Å². The summed E-state index contributed by atoms with van der Waals surface area (Å²) < 4.78 is 13.6. The van der Waals surface area contributed by atoms with Crippen molar-refractivity contribution in [2.75, 3.05) is 5.73 Å². The van der Waals surface area contributed by atoms with E-state index in [4.69, 9.17) is 11.5 Å². The van der Waals surface area contributed by atoms with E-state index in [-0.39, 0.29) is 11.9 Å². The van der Waals surface area contributed by atoms with Crippen LogP contribution >= 0.6 is 0 Å². The molecule has 1 aliphatic carbocycles. The predicted octanol–water partition coefficient (Wildman–Crippen LogP) is 1.92. The number of fused-ring (bicyclic) bond motifs is 1. The molecule has 2 rings (SSSR count). The van der Waals surface area contributed by atoms with E-state index >= 15 is 0 Å². The van der Waals surface area contributed by atoms with E-state index in [0.717, 1.165) is 36.0 Å². The lowest BCUT2D eigenvalue weighted by Crippen LogP contribution is -2.11. The first kappa shape index (κ1) is 9.46. The maximum absolute atomic E-state index is 13.6. The van der Waals surface area contributed by atoms with Crippen LogP contribution in [0.4, 0.5) is 10.1 Å². The molecule has 0 saturated carbocycles. The third-order valence-corrected chi connectivity index (χ3v) is 2.92. The number of benzene rings is 1. The van der Waals surface area contributed by atoms with Crippen molar-refractivity contribution in [3.63, 3.8) is 0 Å². The zero-order chi connectivity index (χ0) is 10.3. The minimum atomic E-state index is -0.199.